The Kier molecular flexibility index (Phi) is 6.75. The van der Waals surface area contributed by atoms with Crippen LogP contribution in [0.1, 0.15) is 37.0 Å². The van der Waals surface area contributed by atoms with Gasteiger partial charge in [-0.2, -0.15) is 10.5 Å². The van der Waals surface area contributed by atoms with Crippen molar-refractivity contribution in [2.45, 2.75) is 30.6 Å². The summed E-state index contributed by atoms with van der Waals surface area (Å²) < 4.78 is 23.6. The summed E-state index contributed by atoms with van der Waals surface area (Å²) >= 11 is 0. The normalized spacial score (nSPS) is 12.2. The van der Waals surface area contributed by atoms with Gasteiger partial charge in [0.15, 0.2) is 9.84 Å². The van der Waals surface area contributed by atoms with Crippen LogP contribution in [0.5, 0.6) is 0 Å². The molecule has 0 spiro atoms. The van der Waals surface area contributed by atoms with Crippen molar-refractivity contribution in [3.8, 4) is 23.3 Å². The molecule has 0 aliphatic carbocycles. The van der Waals surface area contributed by atoms with Crippen LogP contribution >= 0.6 is 0 Å². The van der Waals surface area contributed by atoms with Crippen molar-refractivity contribution in [1.82, 2.24) is 4.98 Å². The summed E-state index contributed by atoms with van der Waals surface area (Å²) in [7, 11) is -3.30. The van der Waals surface area contributed by atoms with E-state index in [1.165, 1.54) is 6.26 Å². The zero-order chi connectivity index (χ0) is 25.9. The van der Waals surface area contributed by atoms with E-state index < -0.39 is 15.3 Å². The number of nitrogens with zero attached hydrogens (tertiary/aromatic N) is 3. The molecule has 5 nitrogen and oxygen atoms in total. The maximum Gasteiger partial charge on any atom is 0.175 e. The van der Waals surface area contributed by atoms with Crippen LogP contribution in [0.15, 0.2) is 83.9 Å². The van der Waals surface area contributed by atoms with E-state index in [0.29, 0.717) is 0 Å². The van der Waals surface area contributed by atoms with E-state index in [-0.39, 0.29) is 11.3 Å². The molecule has 1 heterocycles. The van der Waals surface area contributed by atoms with Gasteiger partial charge in [0.25, 0.3) is 0 Å². The van der Waals surface area contributed by atoms with Gasteiger partial charge in [0.2, 0.25) is 0 Å². The number of aromatic nitrogens is 1. The molecule has 0 aliphatic rings. The Morgan fingerprint density at radius 3 is 2.42 bits per heavy atom. The highest BCUT2D eigenvalue weighted by molar-refractivity contribution is 7.90. The third-order valence-corrected chi connectivity index (χ3v) is 7.30. The third-order valence-electron chi connectivity index (χ3n) is 6.17. The SMILES string of the molecule is CC(C)(C#N)c1cc(-c2cccc(/C=C(\CC#N)c3ccc(S(C)(=O)=O)cc3)c2)c2ncccc2c1. The molecule has 0 unspecified atom stereocenters. The average Bonchev–Trinajstić information content (AvgIpc) is 2.87. The molecule has 36 heavy (non-hydrogen) atoms. The molecule has 0 fully saturated rings. The number of pyridine rings is 1. The van der Waals surface area contributed by atoms with Crippen LogP contribution < -0.4 is 0 Å². The Balaban J connectivity index is 1.83. The third kappa shape index (κ3) is 5.20. The van der Waals surface area contributed by atoms with Gasteiger partial charge in [-0.05, 0) is 78.1 Å². The molecule has 6 heteroatoms. The summed E-state index contributed by atoms with van der Waals surface area (Å²) in [5, 5.41) is 20.1. The van der Waals surface area contributed by atoms with E-state index >= 15 is 0 Å². The van der Waals surface area contributed by atoms with Crippen LogP contribution in [0.2, 0.25) is 0 Å². The lowest BCUT2D eigenvalue weighted by molar-refractivity contribution is 0.602. The van der Waals surface area contributed by atoms with Gasteiger partial charge in [0.1, 0.15) is 0 Å². The maximum absolute atomic E-state index is 11.8. The van der Waals surface area contributed by atoms with E-state index in [2.05, 4.69) is 17.1 Å². The van der Waals surface area contributed by atoms with Gasteiger partial charge >= 0.3 is 0 Å². The van der Waals surface area contributed by atoms with E-state index in [4.69, 9.17) is 0 Å². The Bertz CT molecular complexity index is 1670. The summed E-state index contributed by atoms with van der Waals surface area (Å²) in [4.78, 5) is 4.85. The van der Waals surface area contributed by atoms with Crippen molar-refractivity contribution in [1.29, 1.82) is 10.5 Å². The van der Waals surface area contributed by atoms with Crippen LogP contribution in [-0.4, -0.2) is 19.7 Å². The fourth-order valence-electron chi connectivity index (χ4n) is 4.07. The van der Waals surface area contributed by atoms with Crippen molar-refractivity contribution in [3.63, 3.8) is 0 Å². The Hall–Kier alpha value is -4.26. The van der Waals surface area contributed by atoms with Gasteiger partial charge in [-0.15, -0.1) is 0 Å². The summed E-state index contributed by atoms with van der Waals surface area (Å²) in [6.45, 7) is 3.80. The first-order chi connectivity index (χ1) is 17.1. The molecule has 0 saturated carbocycles. The van der Waals surface area contributed by atoms with Gasteiger partial charge in [-0.3, -0.25) is 4.98 Å². The lowest BCUT2D eigenvalue weighted by Crippen LogP contribution is -2.14. The number of nitriles is 2. The standard InChI is InChI=1S/C30H25N3O2S/c1-30(2,20-32)26-18-25-8-5-15-33-29(25)28(19-26)24-7-4-6-21(17-24)16-23(13-14-31)22-9-11-27(12-10-22)36(3,34)35/h4-12,15-19H,13H2,1-3H3/b23-16+. The fourth-order valence-corrected chi connectivity index (χ4v) is 4.70. The zero-order valence-electron chi connectivity index (χ0n) is 20.4. The number of allylic oxidation sites excluding steroid dienone is 1. The fraction of sp³-hybridized carbons (Fsp3) is 0.167. The molecule has 178 valence electrons. The summed E-state index contributed by atoms with van der Waals surface area (Å²) in [6.07, 6.45) is 5.06. The monoisotopic (exact) mass is 491 g/mol. The summed E-state index contributed by atoms with van der Waals surface area (Å²) in [5.74, 6) is 0. The van der Waals surface area contributed by atoms with Gasteiger partial charge in [0, 0.05) is 23.4 Å². The van der Waals surface area contributed by atoms with Gasteiger partial charge in [0.05, 0.1) is 34.4 Å². The number of rotatable bonds is 6. The molecule has 0 atom stereocenters. The second-order valence-corrected chi connectivity index (χ2v) is 11.3. The van der Waals surface area contributed by atoms with E-state index in [1.807, 2.05) is 68.5 Å². The molecule has 1 aromatic heterocycles. The molecule has 0 amide bonds. The van der Waals surface area contributed by atoms with Crippen molar-refractivity contribution in [2.75, 3.05) is 6.26 Å². The largest absolute Gasteiger partial charge is 0.256 e. The molecule has 3 aromatic carbocycles. The second kappa shape index (κ2) is 9.77. The predicted octanol–water partition coefficient (Wildman–Crippen LogP) is 6.56. The molecular formula is C30H25N3O2S. The highest BCUT2D eigenvalue weighted by Gasteiger charge is 2.22. The molecule has 0 N–H and O–H groups in total. The van der Waals surface area contributed by atoms with Crippen LogP contribution in [0.3, 0.4) is 0 Å². The molecule has 0 radical (unpaired) electrons. The van der Waals surface area contributed by atoms with E-state index in [9.17, 15) is 18.9 Å². The lowest BCUT2D eigenvalue weighted by Gasteiger charge is -2.19. The first-order valence-corrected chi connectivity index (χ1v) is 13.3. The van der Waals surface area contributed by atoms with Crippen LogP contribution in [0.4, 0.5) is 0 Å². The van der Waals surface area contributed by atoms with E-state index in [1.54, 1.807) is 30.5 Å². The number of hydrogen-bond donors (Lipinski definition) is 0. The topological polar surface area (TPSA) is 94.6 Å². The minimum atomic E-state index is -3.30. The van der Waals surface area contributed by atoms with Crippen molar-refractivity contribution in [2.24, 2.45) is 0 Å². The van der Waals surface area contributed by atoms with Crippen LogP contribution in [-0.2, 0) is 15.3 Å². The number of sulfone groups is 1. The van der Waals surface area contributed by atoms with Crippen LogP contribution in [0.25, 0.3) is 33.7 Å². The number of hydrogen-bond acceptors (Lipinski definition) is 5. The highest BCUT2D eigenvalue weighted by atomic mass is 32.2. The zero-order valence-corrected chi connectivity index (χ0v) is 21.2. The minimum Gasteiger partial charge on any atom is -0.256 e. The molecule has 0 aliphatic heterocycles. The molecule has 0 saturated heterocycles. The van der Waals surface area contributed by atoms with Crippen molar-refractivity contribution < 1.29 is 8.42 Å². The quantitative estimate of drug-likeness (QED) is 0.285. The van der Waals surface area contributed by atoms with Crippen molar-refractivity contribution in [3.05, 3.63) is 95.7 Å². The van der Waals surface area contributed by atoms with Crippen LogP contribution in [0, 0.1) is 22.7 Å². The Morgan fingerprint density at radius 2 is 1.75 bits per heavy atom. The number of benzene rings is 3. The Labute approximate surface area is 211 Å². The molecular weight excluding hydrogens is 466 g/mol. The van der Waals surface area contributed by atoms with Gasteiger partial charge < -0.3 is 0 Å². The minimum absolute atomic E-state index is 0.179. The van der Waals surface area contributed by atoms with Gasteiger partial charge in [-0.25, -0.2) is 8.42 Å². The highest BCUT2D eigenvalue weighted by Crippen LogP contribution is 2.34. The molecule has 0 bridgehead atoms. The lowest BCUT2D eigenvalue weighted by atomic mass is 9.83. The predicted molar refractivity (Wildman–Crippen MR) is 143 cm³/mol. The van der Waals surface area contributed by atoms with Gasteiger partial charge in [-0.1, -0.05) is 42.5 Å². The first kappa shape index (κ1) is 24.9. The summed E-state index contributed by atoms with van der Waals surface area (Å²) in [6, 6.07) is 27.1. The first-order valence-electron chi connectivity index (χ1n) is 11.4. The smallest absolute Gasteiger partial charge is 0.175 e. The van der Waals surface area contributed by atoms with E-state index in [0.717, 1.165) is 44.3 Å². The van der Waals surface area contributed by atoms with Crippen molar-refractivity contribution >= 4 is 32.4 Å². The second-order valence-electron chi connectivity index (χ2n) is 9.26. The molecule has 4 aromatic rings. The Morgan fingerprint density at radius 1 is 1.00 bits per heavy atom. The summed E-state index contributed by atoms with van der Waals surface area (Å²) in [5.41, 5.74) is 5.47. The number of fused-ring (bicyclic) bond motifs is 1. The maximum atomic E-state index is 11.8. The molecule has 4 rings (SSSR count). The average molecular weight is 492 g/mol.